The van der Waals surface area contributed by atoms with E-state index in [4.69, 9.17) is 10.5 Å². The van der Waals surface area contributed by atoms with Crippen molar-refractivity contribution in [1.29, 1.82) is 0 Å². The first-order valence-corrected chi connectivity index (χ1v) is 6.59. The second-order valence-electron chi connectivity index (χ2n) is 3.34. The fraction of sp³-hybridized carbons (Fsp3) is 0.0833. The van der Waals surface area contributed by atoms with Gasteiger partial charge in [-0.3, -0.25) is 4.79 Å². The molecule has 0 aliphatic heterocycles. The van der Waals surface area contributed by atoms with E-state index in [-0.39, 0.29) is 0 Å². The number of rotatable bonds is 4. The van der Waals surface area contributed by atoms with Gasteiger partial charge < -0.3 is 10.5 Å². The topological polar surface area (TPSA) is 52.3 Å². The average Bonchev–Trinajstić information content (AvgIpc) is 2.72. The molecule has 1 heterocycles. The monoisotopic (exact) mass is 311 g/mol. The summed E-state index contributed by atoms with van der Waals surface area (Å²) in [6.45, 7) is 0.419. The summed E-state index contributed by atoms with van der Waals surface area (Å²) in [5, 5.41) is 1.97. The summed E-state index contributed by atoms with van der Waals surface area (Å²) in [6.07, 6.45) is 0. The van der Waals surface area contributed by atoms with Crippen LogP contribution in [0, 0.1) is 0 Å². The molecule has 1 aromatic carbocycles. The van der Waals surface area contributed by atoms with Crippen LogP contribution in [-0.4, -0.2) is 5.91 Å². The lowest BCUT2D eigenvalue weighted by Crippen LogP contribution is -2.12. The highest BCUT2D eigenvalue weighted by atomic mass is 79.9. The van der Waals surface area contributed by atoms with Gasteiger partial charge in [0.15, 0.2) is 0 Å². The van der Waals surface area contributed by atoms with Crippen molar-refractivity contribution >= 4 is 33.2 Å². The Morgan fingerprint density at radius 2 is 2.12 bits per heavy atom. The summed E-state index contributed by atoms with van der Waals surface area (Å²) >= 11 is 5.02. The minimum absolute atomic E-state index is 0.403. The third-order valence-corrected chi connectivity index (χ3v) is 4.10. The Kier molecular flexibility index (Phi) is 3.81. The van der Waals surface area contributed by atoms with E-state index < -0.39 is 5.91 Å². The lowest BCUT2D eigenvalue weighted by Gasteiger charge is -2.08. The quantitative estimate of drug-likeness (QED) is 0.942. The van der Waals surface area contributed by atoms with Gasteiger partial charge in [0.05, 0.1) is 10.4 Å². The minimum atomic E-state index is -0.481. The Morgan fingerprint density at radius 1 is 1.35 bits per heavy atom. The molecule has 3 nitrogen and oxygen atoms in total. The third-order valence-electron chi connectivity index (χ3n) is 2.20. The van der Waals surface area contributed by atoms with Gasteiger partial charge in [-0.05, 0) is 39.5 Å². The Hall–Kier alpha value is -1.33. The molecule has 2 rings (SSSR count). The highest BCUT2D eigenvalue weighted by Gasteiger charge is 2.09. The van der Waals surface area contributed by atoms with Crippen LogP contribution in [0.3, 0.4) is 0 Å². The summed E-state index contributed by atoms with van der Waals surface area (Å²) < 4.78 is 6.62. The highest BCUT2D eigenvalue weighted by Crippen LogP contribution is 2.25. The van der Waals surface area contributed by atoms with Crippen molar-refractivity contribution in [3.8, 4) is 5.75 Å². The van der Waals surface area contributed by atoms with Crippen molar-refractivity contribution in [2.45, 2.75) is 6.61 Å². The van der Waals surface area contributed by atoms with Crippen LogP contribution in [0.1, 0.15) is 15.2 Å². The molecule has 1 aromatic heterocycles. The van der Waals surface area contributed by atoms with Gasteiger partial charge in [0.1, 0.15) is 12.4 Å². The van der Waals surface area contributed by atoms with Gasteiger partial charge in [0, 0.05) is 4.47 Å². The van der Waals surface area contributed by atoms with Crippen molar-refractivity contribution in [3.63, 3.8) is 0 Å². The second kappa shape index (κ2) is 5.33. The van der Waals surface area contributed by atoms with Gasteiger partial charge in [-0.1, -0.05) is 12.1 Å². The van der Waals surface area contributed by atoms with Crippen LogP contribution in [0.5, 0.6) is 5.75 Å². The molecule has 0 aliphatic rings. The largest absolute Gasteiger partial charge is 0.487 e. The molecule has 2 aromatic rings. The fourth-order valence-electron chi connectivity index (χ4n) is 1.37. The number of nitrogens with two attached hydrogens (primary N) is 1. The van der Waals surface area contributed by atoms with E-state index in [9.17, 15) is 4.79 Å². The molecule has 5 heteroatoms. The maximum absolute atomic E-state index is 11.2. The number of carbonyl (C=O) groups is 1. The number of hydrogen-bond acceptors (Lipinski definition) is 3. The van der Waals surface area contributed by atoms with Gasteiger partial charge in [-0.25, -0.2) is 0 Å². The van der Waals surface area contributed by atoms with Crippen LogP contribution in [0.4, 0.5) is 0 Å². The lowest BCUT2D eigenvalue weighted by molar-refractivity contribution is 0.0996. The van der Waals surface area contributed by atoms with Crippen molar-refractivity contribution in [2.24, 2.45) is 5.73 Å². The first-order valence-electron chi connectivity index (χ1n) is 4.92. The van der Waals surface area contributed by atoms with Crippen molar-refractivity contribution in [2.75, 3.05) is 0 Å². The van der Waals surface area contributed by atoms with E-state index in [2.05, 4.69) is 15.9 Å². The van der Waals surface area contributed by atoms with E-state index in [1.165, 1.54) is 0 Å². The van der Waals surface area contributed by atoms with Gasteiger partial charge in [-0.2, -0.15) is 0 Å². The van der Waals surface area contributed by atoms with E-state index in [0.29, 0.717) is 17.9 Å². The molecule has 0 fully saturated rings. The van der Waals surface area contributed by atoms with Crippen molar-refractivity contribution in [3.05, 3.63) is 50.6 Å². The molecule has 0 saturated carbocycles. The maximum atomic E-state index is 11.2. The average molecular weight is 312 g/mol. The van der Waals surface area contributed by atoms with Crippen molar-refractivity contribution in [1.82, 2.24) is 0 Å². The van der Waals surface area contributed by atoms with Crippen LogP contribution >= 0.6 is 27.3 Å². The second-order valence-corrected chi connectivity index (χ2v) is 5.20. The lowest BCUT2D eigenvalue weighted by atomic mass is 10.2. The number of thiophene rings is 1. The molecule has 1 amide bonds. The normalized spacial score (nSPS) is 10.2. The molecule has 0 bridgehead atoms. The molecule has 17 heavy (non-hydrogen) atoms. The first-order chi connectivity index (χ1) is 8.18. The summed E-state index contributed by atoms with van der Waals surface area (Å²) in [7, 11) is 0. The summed E-state index contributed by atoms with van der Waals surface area (Å²) in [4.78, 5) is 12.3. The van der Waals surface area contributed by atoms with Gasteiger partial charge >= 0.3 is 0 Å². The van der Waals surface area contributed by atoms with Crippen molar-refractivity contribution < 1.29 is 9.53 Å². The first kappa shape index (κ1) is 12.1. The molecule has 0 unspecified atom stereocenters. The van der Waals surface area contributed by atoms with Gasteiger partial charge in [0.25, 0.3) is 5.91 Å². The van der Waals surface area contributed by atoms with E-state index in [1.54, 1.807) is 29.5 Å². The Bertz CT molecular complexity index is 539. The standard InChI is InChI=1S/C12H10BrNO2S/c13-9-5-6-17-11(9)7-16-10-4-2-1-3-8(10)12(14)15/h1-6H,7H2,(H2,14,15). The molecule has 0 atom stereocenters. The van der Waals surface area contributed by atoms with Gasteiger partial charge in [0.2, 0.25) is 0 Å². The Labute approximate surface area is 111 Å². The maximum Gasteiger partial charge on any atom is 0.252 e. The van der Waals surface area contributed by atoms with Crippen LogP contribution in [-0.2, 0) is 6.61 Å². The smallest absolute Gasteiger partial charge is 0.252 e. The Morgan fingerprint density at radius 3 is 2.76 bits per heavy atom. The zero-order chi connectivity index (χ0) is 12.3. The van der Waals surface area contributed by atoms with E-state index in [0.717, 1.165) is 9.35 Å². The zero-order valence-corrected chi connectivity index (χ0v) is 11.3. The minimum Gasteiger partial charge on any atom is -0.487 e. The predicted octanol–water partition coefficient (Wildman–Crippen LogP) is 3.19. The number of ether oxygens (including phenoxy) is 1. The summed E-state index contributed by atoms with van der Waals surface area (Å²) in [5.41, 5.74) is 5.67. The number of carbonyl (C=O) groups excluding carboxylic acids is 1. The Balaban J connectivity index is 2.14. The zero-order valence-electron chi connectivity index (χ0n) is 8.85. The van der Waals surface area contributed by atoms with Crippen LogP contribution in [0.2, 0.25) is 0 Å². The predicted molar refractivity (Wildman–Crippen MR) is 71.3 cm³/mol. The van der Waals surface area contributed by atoms with Gasteiger partial charge in [-0.15, -0.1) is 11.3 Å². The highest BCUT2D eigenvalue weighted by molar-refractivity contribution is 9.10. The number of halogens is 1. The molecule has 0 spiro atoms. The fourth-order valence-corrected chi connectivity index (χ4v) is 2.75. The number of amides is 1. The summed E-state index contributed by atoms with van der Waals surface area (Å²) in [6, 6.07) is 8.92. The van der Waals surface area contributed by atoms with Crippen LogP contribution < -0.4 is 10.5 Å². The molecule has 2 N–H and O–H groups in total. The third kappa shape index (κ3) is 2.87. The van der Waals surface area contributed by atoms with E-state index >= 15 is 0 Å². The van der Waals surface area contributed by atoms with E-state index in [1.807, 2.05) is 17.5 Å². The molecule has 0 aliphatic carbocycles. The molecular weight excluding hydrogens is 302 g/mol. The number of hydrogen-bond donors (Lipinski definition) is 1. The molecular formula is C12H10BrNO2S. The summed E-state index contributed by atoms with van der Waals surface area (Å²) in [5.74, 6) is 0.0335. The SMILES string of the molecule is NC(=O)c1ccccc1OCc1sccc1Br. The van der Waals surface area contributed by atoms with Crippen LogP contribution in [0.15, 0.2) is 40.2 Å². The molecule has 0 radical (unpaired) electrons. The molecule has 0 saturated heterocycles. The van der Waals surface area contributed by atoms with Crippen LogP contribution in [0.25, 0.3) is 0 Å². The number of benzene rings is 1. The molecule has 88 valence electrons. The number of primary amides is 1. The number of para-hydroxylation sites is 1.